The summed E-state index contributed by atoms with van der Waals surface area (Å²) in [4.78, 5) is 19.6. The Bertz CT molecular complexity index is 1290. The molecular formula is C21H22FN7O2. The number of nitrogens with one attached hydrogen (secondary N) is 3. The van der Waals surface area contributed by atoms with Crippen molar-refractivity contribution in [3.8, 4) is 5.75 Å². The van der Waals surface area contributed by atoms with E-state index in [0.29, 0.717) is 16.8 Å². The van der Waals surface area contributed by atoms with Crippen molar-refractivity contribution in [2.75, 3.05) is 43.5 Å². The van der Waals surface area contributed by atoms with Gasteiger partial charge in [-0.05, 0) is 19.1 Å². The Hall–Kier alpha value is -3.66. The molecule has 9 nitrogen and oxygen atoms in total. The standard InChI is InChI=1S/C21H22FN7O2/c1-12-10-29-11-15(19(31-2)17(22)20(29)25-12)26-21(30)13-3-4-16(14-9-24-27-18(13)14)28-7-5-23-6-8-28/h3-4,9-11,23H,5-8H2,1-2H3,(H,24,27)(H,26,30). The summed E-state index contributed by atoms with van der Waals surface area (Å²) in [6.45, 7) is 5.34. The monoisotopic (exact) mass is 423 g/mol. The second-order valence-electron chi connectivity index (χ2n) is 7.49. The summed E-state index contributed by atoms with van der Waals surface area (Å²) < 4.78 is 21.6. The molecule has 3 aromatic heterocycles. The highest BCUT2D eigenvalue weighted by atomic mass is 19.1. The highest BCUT2D eigenvalue weighted by molar-refractivity contribution is 6.14. The Morgan fingerprint density at radius 3 is 2.84 bits per heavy atom. The average Bonchev–Trinajstić information content (AvgIpc) is 3.40. The Balaban J connectivity index is 1.52. The smallest absolute Gasteiger partial charge is 0.258 e. The number of benzene rings is 1. The van der Waals surface area contributed by atoms with E-state index in [2.05, 4.69) is 30.7 Å². The number of aromatic nitrogens is 4. The van der Waals surface area contributed by atoms with Gasteiger partial charge in [-0.25, -0.2) is 4.98 Å². The summed E-state index contributed by atoms with van der Waals surface area (Å²) in [6.07, 6.45) is 5.00. The van der Waals surface area contributed by atoms with E-state index < -0.39 is 11.7 Å². The lowest BCUT2D eigenvalue weighted by Crippen LogP contribution is -2.43. The Labute approximate surface area is 177 Å². The van der Waals surface area contributed by atoms with Crippen LogP contribution in [0.2, 0.25) is 0 Å². The van der Waals surface area contributed by atoms with Crippen LogP contribution in [0.4, 0.5) is 15.8 Å². The molecule has 0 spiro atoms. The number of pyridine rings is 1. The topological polar surface area (TPSA) is 99.6 Å². The number of aromatic amines is 1. The van der Waals surface area contributed by atoms with Gasteiger partial charge in [0.15, 0.2) is 11.4 Å². The number of halogens is 1. The number of piperazine rings is 1. The number of carbonyl (C=O) groups excluding carboxylic acids is 1. The second-order valence-corrected chi connectivity index (χ2v) is 7.49. The number of carbonyl (C=O) groups is 1. The maximum Gasteiger partial charge on any atom is 0.258 e. The zero-order valence-corrected chi connectivity index (χ0v) is 17.2. The molecule has 4 aromatic rings. The minimum Gasteiger partial charge on any atom is -0.491 e. The van der Waals surface area contributed by atoms with Gasteiger partial charge >= 0.3 is 0 Å². The number of fused-ring (bicyclic) bond motifs is 2. The average molecular weight is 423 g/mol. The third kappa shape index (κ3) is 3.25. The molecule has 1 aliphatic heterocycles. The second kappa shape index (κ2) is 7.55. The summed E-state index contributed by atoms with van der Waals surface area (Å²) in [5.74, 6) is -1.09. The maximum absolute atomic E-state index is 14.9. The van der Waals surface area contributed by atoms with E-state index >= 15 is 0 Å². The molecule has 1 aliphatic rings. The molecule has 1 aromatic carbocycles. The molecule has 0 unspecified atom stereocenters. The molecule has 1 fully saturated rings. The van der Waals surface area contributed by atoms with Crippen LogP contribution < -0.4 is 20.3 Å². The molecule has 10 heteroatoms. The molecule has 0 saturated carbocycles. The highest BCUT2D eigenvalue weighted by Crippen LogP contribution is 2.33. The van der Waals surface area contributed by atoms with Crippen LogP contribution in [0.5, 0.6) is 5.75 Å². The normalized spacial score (nSPS) is 14.4. The Morgan fingerprint density at radius 2 is 2.06 bits per heavy atom. The Kier molecular flexibility index (Phi) is 4.70. The number of ether oxygens (including phenoxy) is 1. The zero-order chi connectivity index (χ0) is 21.5. The Morgan fingerprint density at radius 1 is 1.26 bits per heavy atom. The van der Waals surface area contributed by atoms with E-state index in [9.17, 15) is 9.18 Å². The maximum atomic E-state index is 14.9. The van der Waals surface area contributed by atoms with Gasteiger partial charge in [0.25, 0.3) is 5.91 Å². The van der Waals surface area contributed by atoms with Crippen LogP contribution >= 0.6 is 0 Å². The minimum atomic E-state index is -0.630. The van der Waals surface area contributed by atoms with Gasteiger partial charge in [0.05, 0.1) is 30.1 Å². The van der Waals surface area contributed by atoms with Gasteiger partial charge in [0.2, 0.25) is 5.82 Å². The third-order valence-corrected chi connectivity index (χ3v) is 5.51. The number of nitrogens with zero attached hydrogens (tertiary/aromatic N) is 4. The van der Waals surface area contributed by atoms with Crippen molar-refractivity contribution in [3.63, 3.8) is 0 Å². The summed E-state index contributed by atoms with van der Waals surface area (Å²) in [5.41, 5.74) is 3.09. The van der Waals surface area contributed by atoms with Crippen LogP contribution in [-0.4, -0.2) is 58.8 Å². The predicted molar refractivity (Wildman–Crippen MR) is 116 cm³/mol. The van der Waals surface area contributed by atoms with E-state index in [1.54, 1.807) is 31.6 Å². The number of hydrogen-bond acceptors (Lipinski definition) is 6. The summed E-state index contributed by atoms with van der Waals surface area (Å²) >= 11 is 0. The highest BCUT2D eigenvalue weighted by Gasteiger charge is 2.22. The van der Waals surface area contributed by atoms with Gasteiger partial charge < -0.3 is 24.7 Å². The van der Waals surface area contributed by atoms with E-state index in [-0.39, 0.29) is 17.1 Å². The van der Waals surface area contributed by atoms with Crippen molar-refractivity contribution in [3.05, 3.63) is 47.8 Å². The number of H-pyrrole nitrogens is 1. The SMILES string of the molecule is COc1c(NC(=O)c2ccc(N3CCNCC3)c3cn[nH]c23)cn2cc(C)nc2c1F. The number of methoxy groups -OCH3 is 1. The lowest BCUT2D eigenvalue weighted by molar-refractivity contribution is 0.102. The van der Waals surface area contributed by atoms with Gasteiger partial charge in [-0.2, -0.15) is 9.49 Å². The fraction of sp³-hybridized carbons (Fsp3) is 0.286. The van der Waals surface area contributed by atoms with Crippen LogP contribution in [0.15, 0.2) is 30.7 Å². The van der Waals surface area contributed by atoms with E-state index in [0.717, 1.165) is 37.3 Å². The number of amides is 1. The number of aryl methyl sites for hydroxylation is 1. The molecular weight excluding hydrogens is 401 g/mol. The first-order valence-electron chi connectivity index (χ1n) is 10.0. The van der Waals surface area contributed by atoms with Crippen LogP contribution in [0.1, 0.15) is 16.1 Å². The number of imidazole rings is 1. The molecule has 1 amide bonds. The molecule has 0 bridgehead atoms. The molecule has 0 radical (unpaired) electrons. The molecule has 5 rings (SSSR count). The van der Waals surface area contributed by atoms with Crippen molar-refractivity contribution in [1.29, 1.82) is 0 Å². The fourth-order valence-corrected chi connectivity index (χ4v) is 4.06. The molecule has 0 atom stereocenters. The van der Waals surface area contributed by atoms with Gasteiger partial charge in [-0.15, -0.1) is 0 Å². The van der Waals surface area contributed by atoms with Gasteiger partial charge in [0, 0.05) is 49.6 Å². The van der Waals surface area contributed by atoms with E-state index in [4.69, 9.17) is 4.74 Å². The van der Waals surface area contributed by atoms with Crippen molar-refractivity contribution in [2.45, 2.75) is 6.92 Å². The first kappa shape index (κ1) is 19.3. The number of anilines is 2. The van der Waals surface area contributed by atoms with E-state index in [1.165, 1.54) is 11.5 Å². The fourth-order valence-electron chi connectivity index (χ4n) is 4.06. The number of rotatable bonds is 4. The van der Waals surface area contributed by atoms with Gasteiger partial charge in [-0.1, -0.05) is 0 Å². The molecule has 3 N–H and O–H groups in total. The molecule has 1 saturated heterocycles. The zero-order valence-electron chi connectivity index (χ0n) is 17.2. The van der Waals surface area contributed by atoms with Crippen LogP contribution in [0, 0.1) is 12.7 Å². The first-order valence-corrected chi connectivity index (χ1v) is 10.0. The lowest BCUT2D eigenvalue weighted by Gasteiger charge is -2.30. The van der Waals surface area contributed by atoms with Crippen molar-refractivity contribution >= 4 is 33.8 Å². The summed E-state index contributed by atoms with van der Waals surface area (Å²) in [5, 5.41) is 14.1. The molecule has 31 heavy (non-hydrogen) atoms. The van der Waals surface area contributed by atoms with Crippen LogP contribution in [-0.2, 0) is 0 Å². The van der Waals surface area contributed by atoms with Crippen molar-refractivity contribution in [1.82, 2.24) is 24.9 Å². The predicted octanol–water partition coefficient (Wildman–Crippen LogP) is 2.33. The van der Waals surface area contributed by atoms with Gasteiger partial charge in [-0.3, -0.25) is 9.89 Å². The minimum absolute atomic E-state index is 0.0651. The number of hydrogen-bond donors (Lipinski definition) is 3. The first-order chi connectivity index (χ1) is 15.1. The summed E-state index contributed by atoms with van der Waals surface area (Å²) in [7, 11) is 1.36. The third-order valence-electron chi connectivity index (χ3n) is 5.51. The van der Waals surface area contributed by atoms with E-state index in [1.807, 2.05) is 6.07 Å². The molecule has 160 valence electrons. The van der Waals surface area contributed by atoms with Crippen molar-refractivity contribution in [2.24, 2.45) is 0 Å². The molecule has 4 heterocycles. The van der Waals surface area contributed by atoms with Crippen molar-refractivity contribution < 1.29 is 13.9 Å². The van der Waals surface area contributed by atoms with Crippen LogP contribution in [0.3, 0.4) is 0 Å². The van der Waals surface area contributed by atoms with Gasteiger partial charge in [0.1, 0.15) is 5.69 Å². The quantitative estimate of drug-likeness (QED) is 0.466. The van der Waals surface area contributed by atoms with Crippen LogP contribution in [0.25, 0.3) is 16.6 Å². The molecule has 0 aliphatic carbocycles. The largest absolute Gasteiger partial charge is 0.491 e. The summed E-state index contributed by atoms with van der Waals surface area (Å²) in [6, 6.07) is 3.69. The lowest BCUT2D eigenvalue weighted by atomic mass is 10.1.